The number of ether oxygens (including phenoxy) is 1. The van der Waals surface area contributed by atoms with Crippen molar-refractivity contribution < 1.29 is 26.3 Å². The Bertz CT molecular complexity index is 334. The van der Waals surface area contributed by atoms with E-state index < -0.39 is 21.6 Å². The molecule has 9 heteroatoms. The van der Waals surface area contributed by atoms with Crippen LogP contribution in [-0.4, -0.2) is 45.5 Å². The minimum Gasteiger partial charge on any atom is -0.465 e. The Kier molecular flexibility index (Phi) is 4.38. The summed E-state index contributed by atoms with van der Waals surface area (Å²) < 4.78 is 64.2. The van der Waals surface area contributed by atoms with E-state index in [-0.39, 0.29) is 6.61 Å². The molecule has 0 atom stereocenters. The standard InChI is InChI=1S/C6H11F3N2O3S/c1-4-14-5(11(2)3)10-15(12,13)6(7,8)9/h4H2,1-3H3/b10-5-. The summed E-state index contributed by atoms with van der Waals surface area (Å²) in [6.07, 6.45) is 0. The molecule has 0 heterocycles. The molecule has 0 bridgehead atoms. The van der Waals surface area contributed by atoms with Crippen LogP contribution in [-0.2, 0) is 14.8 Å². The summed E-state index contributed by atoms with van der Waals surface area (Å²) in [7, 11) is -2.90. The highest BCUT2D eigenvalue weighted by atomic mass is 32.2. The number of sulfonamides is 1. The van der Waals surface area contributed by atoms with Gasteiger partial charge < -0.3 is 9.64 Å². The van der Waals surface area contributed by atoms with Gasteiger partial charge in [0.15, 0.2) is 0 Å². The van der Waals surface area contributed by atoms with Crippen LogP contribution in [0.5, 0.6) is 0 Å². The molecule has 15 heavy (non-hydrogen) atoms. The monoisotopic (exact) mass is 248 g/mol. The smallest absolute Gasteiger partial charge is 0.465 e. The highest BCUT2D eigenvalue weighted by Crippen LogP contribution is 2.24. The van der Waals surface area contributed by atoms with E-state index >= 15 is 0 Å². The minimum atomic E-state index is -5.54. The van der Waals surface area contributed by atoms with E-state index in [0.29, 0.717) is 0 Å². The molecular weight excluding hydrogens is 237 g/mol. The molecule has 0 aromatic rings. The summed E-state index contributed by atoms with van der Waals surface area (Å²) in [5, 5.41) is 0. The summed E-state index contributed by atoms with van der Waals surface area (Å²) >= 11 is 0. The summed E-state index contributed by atoms with van der Waals surface area (Å²) in [6, 6.07) is -0.602. The maximum Gasteiger partial charge on any atom is 0.518 e. The number of alkyl halides is 3. The fourth-order valence-corrected chi connectivity index (χ4v) is 1.05. The van der Waals surface area contributed by atoms with Gasteiger partial charge in [-0.15, -0.1) is 4.40 Å². The van der Waals surface area contributed by atoms with Gasteiger partial charge in [0, 0.05) is 14.1 Å². The minimum absolute atomic E-state index is 0.0182. The fourth-order valence-electron chi connectivity index (χ4n) is 0.521. The molecule has 0 aliphatic heterocycles. The number of rotatable bonds is 2. The fraction of sp³-hybridized carbons (Fsp3) is 0.833. The van der Waals surface area contributed by atoms with Crippen LogP contribution in [0.4, 0.5) is 13.2 Å². The molecule has 0 aliphatic rings. The van der Waals surface area contributed by atoms with E-state index in [1.54, 1.807) is 0 Å². The normalized spacial score (nSPS) is 13.9. The zero-order valence-electron chi connectivity index (χ0n) is 8.37. The van der Waals surface area contributed by atoms with Crippen molar-refractivity contribution in [1.82, 2.24) is 4.90 Å². The van der Waals surface area contributed by atoms with E-state index in [4.69, 9.17) is 0 Å². The van der Waals surface area contributed by atoms with Gasteiger partial charge in [-0.25, -0.2) is 0 Å². The molecule has 0 fully saturated rings. The zero-order chi connectivity index (χ0) is 12.3. The van der Waals surface area contributed by atoms with Crippen molar-refractivity contribution in [2.24, 2.45) is 4.40 Å². The first-order valence-electron chi connectivity index (χ1n) is 3.83. The van der Waals surface area contributed by atoms with Gasteiger partial charge in [0.05, 0.1) is 6.61 Å². The van der Waals surface area contributed by atoms with Crippen LogP contribution in [0.3, 0.4) is 0 Å². The molecule has 0 amide bonds. The highest BCUT2D eigenvalue weighted by molar-refractivity contribution is 7.91. The summed E-state index contributed by atoms with van der Waals surface area (Å²) in [5.74, 6) is 0. The Hall–Kier alpha value is -0.990. The average Bonchev–Trinajstić information content (AvgIpc) is 2.00. The molecule has 0 aromatic heterocycles. The largest absolute Gasteiger partial charge is 0.518 e. The lowest BCUT2D eigenvalue weighted by molar-refractivity contribution is -0.0436. The summed E-state index contributed by atoms with van der Waals surface area (Å²) in [4.78, 5) is 1.03. The zero-order valence-corrected chi connectivity index (χ0v) is 9.18. The Labute approximate surface area is 85.6 Å². The van der Waals surface area contributed by atoms with Crippen molar-refractivity contribution in [2.75, 3.05) is 20.7 Å². The maximum absolute atomic E-state index is 11.9. The van der Waals surface area contributed by atoms with Crippen molar-refractivity contribution in [2.45, 2.75) is 12.4 Å². The third-order valence-corrected chi connectivity index (χ3v) is 2.13. The van der Waals surface area contributed by atoms with Gasteiger partial charge in [-0.2, -0.15) is 21.6 Å². The van der Waals surface area contributed by atoms with Crippen LogP contribution in [0.15, 0.2) is 4.40 Å². The van der Waals surface area contributed by atoms with Gasteiger partial charge in [-0.05, 0) is 6.92 Å². The average molecular weight is 248 g/mol. The molecule has 5 nitrogen and oxygen atoms in total. The van der Waals surface area contributed by atoms with Crippen LogP contribution >= 0.6 is 0 Å². The van der Waals surface area contributed by atoms with Crippen LogP contribution in [0.1, 0.15) is 6.92 Å². The van der Waals surface area contributed by atoms with E-state index in [0.717, 1.165) is 4.90 Å². The molecule has 0 aliphatic carbocycles. The molecule has 0 rings (SSSR count). The molecular formula is C6H11F3N2O3S. The van der Waals surface area contributed by atoms with Crippen molar-refractivity contribution in [3.63, 3.8) is 0 Å². The second kappa shape index (κ2) is 4.69. The first-order valence-corrected chi connectivity index (χ1v) is 5.27. The first kappa shape index (κ1) is 14.0. The molecule has 0 radical (unpaired) electrons. The van der Waals surface area contributed by atoms with Crippen molar-refractivity contribution in [3.8, 4) is 0 Å². The second-order valence-corrected chi connectivity index (χ2v) is 4.22. The maximum atomic E-state index is 11.9. The van der Waals surface area contributed by atoms with Crippen molar-refractivity contribution in [1.29, 1.82) is 0 Å². The number of amidine groups is 1. The van der Waals surface area contributed by atoms with E-state index in [2.05, 4.69) is 9.13 Å². The third kappa shape index (κ3) is 3.94. The van der Waals surface area contributed by atoms with Crippen LogP contribution < -0.4 is 0 Å². The number of halogens is 3. The topological polar surface area (TPSA) is 59.0 Å². The van der Waals surface area contributed by atoms with Gasteiger partial charge in [0.1, 0.15) is 0 Å². The molecule has 90 valence electrons. The Morgan fingerprint density at radius 1 is 1.40 bits per heavy atom. The summed E-state index contributed by atoms with van der Waals surface area (Å²) in [5.41, 5.74) is -5.41. The second-order valence-electron chi connectivity index (χ2n) is 2.62. The lowest BCUT2D eigenvalue weighted by Gasteiger charge is -2.15. The summed E-state index contributed by atoms with van der Waals surface area (Å²) in [6.45, 7) is 1.52. The predicted octanol–water partition coefficient (Wildman–Crippen LogP) is 0.790. The van der Waals surface area contributed by atoms with Crippen molar-refractivity contribution >= 4 is 16.0 Å². The Morgan fingerprint density at radius 3 is 2.13 bits per heavy atom. The SMILES string of the molecule is CCO/C(=N\S(=O)(=O)C(F)(F)F)N(C)C. The molecule has 0 unspecified atom stereocenters. The van der Waals surface area contributed by atoms with E-state index in [1.165, 1.54) is 21.0 Å². The Balaban J connectivity index is 5.16. The van der Waals surface area contributed by atoms with Crippen molar-refractivity contribution in [3.05, 3.63) is 0 Å². The van der Waals surface area contributed by atoms with Gasteiger partial charge in [-0.1, -0.05) is 0 Å². The van der Waals surface area contributed by atoms with Gasteiger partial charge >= 0.3 is 21.6 Å². The molecule has 0 spiro atoms. The molecule has 0 saturated heterocycles. The number of hydrogen-bond acceptors (Lipinski definition) is 3. The van der Waals surface area contributed by atoms with Gasteiger partial charge in [-0.3, -0.25) is 0 Å². The predicted molar refractivity (Wildman–Crippen MR) is 47.7 cm³/mol. The van der Waals surface area contributed by atoms with Crippen LogP contribution in [0, 0.1) is 0 Å². The van der Waals surface area contributed by atoms with Gasteiger partial charge in [0.2, 0.25) is 0 Å². The molecule has 0 N–H and O–H groups in total. The molecule has 0 saturated carbocycles. The number of nitrogens with zero attached hydrogens (tertiary/aromatic N) is 2. The van der Waals surface area contributed by atoms with Crippen LogP contribution in [0.25, 0.3) is 0 Å². The van der Waals surface area contributed by atoms with Crippen LogP contribution in [0.2, 0.25) is 0 Å². The van der Waals surface area contributed by atoms with Gasteiger partial charge in [0.25, 0.3) is 0 Å². The lowest BCUT2D eigenvalue weighted by Crippen LogP contribution is -2.29. The number of hydrogen-bond donors (Lipinski definition) is 0. The quantitative estimate of drug-likeness (QED) is 0.535. The third-order valence-electron chi connectivity index (χ3n) is 1.15. The van der Waals surface area contributed by atoms with E-state index in [1.807, 2.05) is 0 Å². The Morgan fingerprint density at radius 2 is 1.87 bits per heavy atom. The van der Waals surface area contributed by atoms with E-state index in [9.17, 15) is 21.6 Å². The lowest BCUT2D eigenvalue weighted by atomic mass is 10.8. The molecule has 0 aromatic carbocycles. The highest BCUT2D eigenvalue weighted by Gasteiger charge is 2.46. The first-order chi connectivity index (χ1) is 6.62.